The first-order chi connectivity index (χ1) is 11.3. The van der Waals surface area contributed by atoms with E-state index < -0.39 is 0 Å². The number of hydrogen-bond donors (Lipinski definition) is 0. The SMILES string of the molecule is CCn1cc(CN2CCN(CCOc3ccccc3)CC2)cn1. The van der Waals surface area contributed by atoms with E-state index in [1.807, 2.05) is 41.2 Å². The van der Waals surface area contributed by atoms with Crippen LogP contribution in [-0.2, 0) is 13.1 Å². The molecule has 0 unspecified atom stereocenters. The summed E-state index contributed by atoms with van der Waals surface area (Å²) in [4.78, 5) is 4.99. The summed E-state index contributed by atoms with van der Waals surface area (Å²) in [6.45, 7) is 10.3. The predicted octanol–water partition coefficient (Wildman–Crippen LogP) is 2.10. The lowest BCUT2D eigenvalue weighted by Crippen LogP contribution is -2.46. The second kappa shape index (κ2) is 8.13. The molecule has 1 saturated heterocycles. The van der Waals surface area contributed by atoms with Crippen LogP contribution in [0.1, 0.15) is 12.5 Å². The van der Waals surface area contributed by atoms with Gasteiger partial charge in [0.15, 0.2) is 0 Å². The van der Waals surface area contributed by atoms with Crippen molar-refractivity contribution in [2.45, 2.75) is 20.0 Å². The summed E-state index contributed by atoms with van der Waals surface area (Å²) in [5.74, 6) is 0.957. The number of hydrogen-bond acceptors (Lipinski definition) is 4. The fourth-order valence-corrected chi connectivity index (χ4v) is 2.90. The van der Waals surface area contributed by atoms with Gasteiger partial charge >= 0.3 is 0 Å². The van der Waals surface area contributed by atoms with Crippen molar-refractivity contribution in [3.63, 3.8) is 0 Å². The number of aryl methyl sites for hydroxylation is 1. The van der Waals surface area contributed by atoms with Gasteiger partial charge in [-0.05, 0) is 19.1 Å². The molecule has 124 valence electrons. The van der Waals surface area contributed by atoms with Crippen LogP contribution in [0.15, 0.2) is 42.7 Å². The van der Waals surface area contributed by atoms with Crippen LogP contribution in [0.4, 0.5) is 0 Å². The fraction of sp³-hybridized carbons (Fsp3) is 0.500. The van der Waals surface area contributed by atoms with Gasteiger partial charge in [-0.1, -0.05) is 18.2 Å². The first kappa shape index (κ1) is 16.0. The number of aromatic nitrogens is 2. The molecule has 1 aromatic carbocycles. The predicted molar refractivity (Wildman–Crippen MR) is 91.6 cm³/mol. The molecule has 0 aliphatic carbocycles. The molecular weight excluding hydrogens is 288 g/mol. The highest BCUT2D eigenvalue weighted by molar-refractivity contribution is 5.20. The van der Waals surface area contributed by atoms with Crippen LogP contribution in [0.2, 0.25) is 0 Å². The Bertz CT molecular complexity index is 576. The molecule has 5 nitrogen and oxygen atoms in total. The molecular formula is C18H26N4O. The second-order valence-electron chi connectivity index (χ2n) is 5.98. The number of nitrogens with zero attached hydrogens (tertiary/aromatic N) is 4. The first-order valence-electron chi connectivity index (χ1n) is 8.47. The third kappa shape index (κ3) is 4.81. The average Bonchev–Trinajstić information content (AvgIpc) is 3.05. The van der Waals surface area contributed by atoms with E-state index in [-0.39, 0.29) is 0 Å². The van der Waals surface area contributed by atoms with Crippen molar-refractivity contribution in [1.82, 2.24) is 19.6 Å². The molecule has 0 amide bonds. The van der Waals surface area contributed by atoms with Crippen LogP contribution in [0.3, 0.4) is 0 Å². The third-order valence-electron chi connectivity index (χ3n) is 4.30. The largest absolute Gasteiger partial charge is 0.492 e. The summed E-state index contributed by atoms with van der Waals surface area (Å²) in [7, 11) is 0. The number of benzene rings is 1. The molecule has 1 aliphatic heterocycles. The summed E-state index contributed by atoms with van der Waals surface area (Å²) in [6, 6.07) is 10.0. The van der Waals surface area contributed by atoms with E-state index in [4.69, 9.17) is 4.74 Å². The lowest BCUT2D eigenvalue weighted by molar-refractivity contribution is 0.112. The van der Waals surface area contributed by atoms with Gasteiger partial charge in [0.2, 0.25) is 0 Å². The van der Waals surface area contributed by atoms with Crippen molar-refractivity contribution >= 4 is 0 Å². The van der Waals surface area contributed by atoms with Crippen LogP contribution in [-0.4, -0.2) is 58.9 Å². The summed E-state index contributed by atoms with van der Waals surface area (Å²) >= 11 is 0. The Morgan fingerprint density at radius 2 is 1.78 bits per heavy atom. The molecule has 3 rings (SSSR count). The standard InChI is InChI=1S/C18H26N4O/c1-2-22-16-17(14-19-22)15-21-10-8-20(9-11-21)12-13-23-18-6-4-3-5-7-18/h3-7,14,16H,2,8-13,15H2,1H3. The number of ether oxygens (including phenoxy) is 1. The number of piperazine rings is 1. The molecule has 0 N–H and O–H groups in total. The topological polar surface area (TPSA) is 33.5 Å². The highest BCUT2D eigenvalue weighted by atomic mass is 16.5. The maximum atomic E-state index is 5.78. The molecule has 2 heterocycles. The van der Waals surface area contributed by atoms with Crippen molar-refractivity contribution in [2.75, 3.05) is 39.3 Å². The van der Waals surface area contributed by atoms with E-state index in [1.165, 1.54) is 5.56 Å². The molecule has 23 heavy (non-hydrogen) atoms. The Morgan fingerprint density at radius 1 is 1.04 bits per heavy atom. The number of rotatable bonds is 7. The highest BCUT2D eigenvalue weighted by Crippen LogP contribution is 2.10. The van der Waals surface area contributed by atoms with Gasteiger partial charge in [0.25, 0.3) is 0 Å². The summed E-state index contributed by atoms with van der Waals surface area (Å²) in [5, 5.41) is 4.35. The maximum Gasteiger partial charge on any atom is 0.119 e. The zero-order valence-electron chi connectivity index (χ0n) is 13.9. The molecule has 2 aromatic rings. The molecule has 1 aliphatic rings. The van der Waals surface area contributed by atoms with Crippen molar-refractivity contribution in [3.05, 3.63) is 48.3 Å². The molecule has 0 bridgehead atoms. The summed E-state index contributed by atoms with van der Waals surface area (Å²) in [6.07, 6.45) is 4.14. The zero-order valence-corrected chi connectivity index (χ0v) is 13.9. The number of para-hydroxylation sites is 1. The van der Waals surface area contributed by atoms with E-state index in [0.29, 0.717) is 0 Å². The van der Waals surface area contributed by atoms with E-state index in [0.717, 1.165) is 58.2 Å². The first-order valence-corrected chi connectivity index (χ1v) is 8.47. The Hall–Kier alpha value is -1.85. The highest BCUT2D eigenvalue weighted by Gasteiger charge is 2.17. The second-order valence-corrected chi connectivity index (χ2v) is 5.98. The lowest BCUT2D eigenvalue weighted by Gasteiger charge is -2.34. The van der Waals surface area contributed by atoms with Crippen molar-refractivity contribution in [1.29, 1.82) is 0 Å². The minimum atomic E-state index is 0.757. The monoisotopic (exact) mass is 314 g/mol. The van der Waals surface area contributed by atoms with Crippen LogP contribution < -0.4 is 4.74 Å². The van der Waals surface area contributed by atoms with Gasteiger partial charge in [0.1, 0.15) is 12.4 Å². The molecule has 0 atom stereocenters. The molecule has 1 fully saturated rings. The van der Waals surface area contributed by atoms with Gasteiger partial charge in [-0.3, -0.25) is 14.5 Å². The van der Waals surface area contributed by atoms with E-state index in [1.54, 1.807) is 0 Å². The quantitative estimate of drug-likeness (QED) is 0.784. The van der Waals surface area contributed by atoms with Crippen molar-refractivity contribution in [3.8, 4) is 5.75 Å². The Kier molecular flexibility index (Phi) is 5.66. The molecule has 1 aromatic heterocycles. The van der Waals surface area contributed by atoms with Crippen molar-refractivity contribution < 1.29 is 4.74 Å². The summed E-state index contributed by atoms with van der Waals surface area (Å²) < 4.78 is 7.77. The van der Waals surface area contributed by atoms with E-state index >= 15 is 0 Å². The molecule has 0 spiro atoms. The van der Waals surface area contributed by atoms with Crippen LogP contribution >= 0.6 is 0 Å². The Balaban J connectivity index is 1.35. The average molecular weight is 314 g/mol. The van der Waals surface area contributed by atoms with Gasteiger partial charge in [-0.2, -0.15) is 5.10 Å². The van der Waals surface area contributed by atoms with Crippen LogP contribution in [0.5, 0.6) is 5.75 Å². The van der Waals surface area contributed by atoms with Gasteiger partial charge < -0.3 is 4.74 Å². The van der Waals surface area contributed by atoms with Gasteiger partial charge in [-0.15, -0.1) is 0 Å². The zero-order chi connectivity index (χ0) is 15.9. The van der Waals surface area contributed by atoms with Crippen molar-refractivity contribution in [2.24, 2.45) is 0 Å². The van der Waals surface area contributed by atoms with Crippen LogP contribution in [0.25, 0.3) is 0 Å². The molecule has 0 radical (unpaired) electrons. The maximum absolute atomic E-state index is 5.78. The molecule has 5 heteroatoms. The normalized spacial score (nSPS) is 16.6. The lowest BCUT2D eigenvalue weighted by atomic mass is 10.2. The minimum absolute atomic E-state index is 0.757. The fourth-order valence-electron chi connectivity index (χ4n) is 2.90. The molecule has 0 saturated carbocycles. The third-order valence-corrected chi connectivity index (χ3v) is 4.30. The van der Waals surface area contributed by atoms with Gasteiger partial charge in [0, 0.05) is 57.6 Å². The minimum Gasteiger partial charge on any atom is -0.492 e. The van der Waals surface area contributed by atoms with Gasteiger partial charge in [0.05, 0.1) is 6.20 Å². The van der Waals surface area contributed by atoms with E-state index in [2.05, 4.69) is 28.0 Å². The van der Waals surface area contributed by atoms with Gasteiger partial charge in [-0.25, -0.2) is 0 Å². The summed E-state index contributed by atoms with van der Waals surface area (Å²) in [5.41, 5.74) is 1.31. The Labute approximate surface area is 138 Å². The van der Waals surface area contributed by atoms with E-state index in [9.17, 15) is 0 Å². The van der Waals surface area contributed by atoms with Crippen LogP contribution in [0, 0.1) is 0 Å². The smallest absolute Gasteiger partial charge is 0.119 e. The Morgan fingerprint density at radius 3 is 2.48 bits per heavy atom.